The summed E-state index contributed by atoms with van der Waals surface area (Å²) in [6.07, 6.45) is 3.50. The Morgan fingerprint density at radius 3 is 2.74 bits per heavy atom. The molecule has 0 spiro atoms. The second-order valence-corrected chi connectivity index (χ2v) is 10.4. The Balaban J connectivity index is 1.64. The first kappa shape index (κ1) is 21.5. The minimum absolute atomic E-state index is 0.0658. The van der Waals surface area contributed by atoms with Crippen LogP contribution in [0.3, 0.4) is 0 Å². The molecule has 0 bridgehead atoms. The molecule has 10 heteroatoms. The van der Waals surface area contributed by atoms with Gasteiger partial charge in [-0.2, -0.15) is 0 Å². The minimum Gasteiger partial charge on any atom is -0.300 e. The van der Waals surface area contributed by atoms with Gasteiger partial charge in [-0.1, -0.05) is 23.7 Å². The van der Waals surface area contributed by atoms with Crippen LogP contribution in [0.15, 0.2) is 69.5 Å². The molecule has 7 nitrogen and oxygen atoms in total. The van der Waals surface area contributed by atoms with Gasteiger partial charge in [-0.3, -0.25) is 9.78 Å². The van der Waals surface area contributed by atoms with Crippen molar-refractivity contribution in [2.75, 3.05) is 14.1 Å². The number of hydrogen-bond donors (Lipinski definition) is 1. The normalized spacial score (nSPS) is 17.1. The largest absolute Gasteiger partial charge is 0.300 e. The van der Waals surface area contributed by atoms with Gasteiger partial charge in [0.05, 0.1) is 26.0 Å². The molecule has 1 aliphatic rings. The van der Waals surface area contributed by atoms with Crippen molar-refractivity contribution in [3.63, 3.8) is 0 Å². The predicted octanol–water partition coefficient (Wildman–Crippen LogP) is 4.03. The van der Waals surface area contributed by atoms with Gasteiger partial charge >= 0.3 is 0 Å². The zero-order valence-corrected chi connectivity index (χ0v) is 18.9. The third kappa shape index (κ3) is 4.49. The van der Waals surface area contributed by atoms with Gasteiger partial charge in [0.1, 0.15) is 0 Å². The Hall–Kier alpha value is -2.72. The monoisotopic (exact) mass is 472 g/mol. The number of halogens is 1. The van der Waals surface area contributed by atoms with Crippen LogP contribution in [-0.4, -0.2) is 42.9 Å². The first-order valence-corrected chi connectivity index (χ1v) is 11.7. The average molecular weight is 473 g/mol. The quantitative estimate of drug-likeness (QED) is 0.579. The smallest absolute Gasteiger partial charge is 0.264 e. The molecule has 0 radical (unpaired) electrons. The minimum atomic E-state index is -3.64. The van der Waals surface area contributed by atoms with Crippen LogP contribution in [0, 0.1) is 0 Å². The lowest BCUT2D eigenvalue weighted by Gasteiger charge is -2.12. The summed E-state index contributed by atoms with van der Waals surface area (Å²) >= 11 is 7.36. The van der Waals surface area contributed by atoms with Crippen molar-refractivity contribution >= 4 is 67.1 Å². The number of nitrogens with one attached hydrogen (secondary N) is 1. The second-order valence-electron chi connectivity index (χ2n) is 6.84. The highest BCUT2D eigenvalue weighted by Gasteiger charge is 2.25. The number of amides is 1. The van der Waals surface area contributed by atoms with E-state index in [-0.39, 0.29) is 21.5 Å². The molecule has 0 aliphatic carbocycles. The fraction of sp³-hybridized carbons (Fsp3) is 0.0952. The van der Waals surface area contributed by atoms with Crippen molar-refractivity contribution in [2.45, 2.75) is 4.90 Å². The highest BCUT2D eigenvalue weighted by atomic mass is 35.5. The maximum absolute atomic E-state index is 12.4. The molecule has 0 saturated carbocycles. The first-order valence-electron chi connectivity index (χ1n) is 9.10. The number of benzene rings is 2. The third-order valence-electron chi connectivity index (χ3n) is 4.49. The van der Waals surface area contributed by atoms with Crippen molar-refractivity contribution in [3.05, 3.63) is 70.2 Å². The number of thioether (sulfide) groups is 1. The van der Waals surface area contributed by atoms with E-state index in [4.69, 9.17) is 11.6 Å². The summed E-state index contributed by atoms with van der Waals surface area (Å²) in [6, 6.07) is 13.8. The van der Waals surface area contributed by atoms with Crippen molar-refractivity contribution in [1.82, 2.24) is 14.6 Å². The zero-order chi connectivity index (χ0) is 22.2. The van der Waals surface area contributed by atoms with Crippen LogP contribution < -0.4 is 5.32 Å². The predicted molar refractivity (Wildman–Crippen MR) is 125 cm³/mol. The van der Waals surface area contributed by atoms with Crippen LogP contribution >= 0.6 is 23.4 Å². The van der Waals surface area contributed by atoms with Crippen LogP contribution in [0.1, 0.15) is 5.56 Å². The van der Waals surface area contributed by atoms with Gasteiger partial charge in [0.15, 0.2) is 5.17 Å². The Morgan fingerprint density at radius 1 is 1.16 bits per heavy atom. The lowest BCUT2D eigenvalue weighted by Crippen LogP contribution is -2.22. The molecule has 1 amide bonds. The molecule has 31 heavy (non-hydrogen) atoms. The Kier molecular flexibility index (Phi) is 5.85. The molecule has 3 aromatic rings. The number of hydrogen-bond acceptors (Lipinski definition) is 6. The average Bonchev–Trinajstić information content (AvgIpc) is 3.08. The van der Waals surface area contributed by atoms with Gasteiger partial charge in [0, 0.05) is 25.7 Å². The SMILES string of the molecule is CN(C)S(=O)(=O)c1ccc(Cl)c(N=C2NC(=O)C(=Cc3ccc4ncccc4c3)S2)c1. The molecule has 1 N–H and O–H groups in total. The molecular formula is C21H17ClN4O3S2. The number of rotatable bonds is 4. The molecule has 158 valence electrons. The number of nitrogens with zero attached hydrogens (tertiary/aromatic N) is 3. The molecule has 2 heterocycles. The van der Waals surface area contributed by atoms with Crippen LogP contribution in [0.4, 0.5) is 5.69 Å². The number of pyridine rings is 1. The zero-order valence-electron chi connectivity index (χ0n) is 16.5. The lowest BCUT2D eigenvalue weighted by atomic mass is 10.1. The van der Waals surface area contributed by atoms with Crippen LogP contribution in [-0.2, 0) is 14.8 Å². The summed E-state index contributed by atoms with van der Waals surface area (Å²) in [5.41, 5.74) is 1.99. The van der Waals surface area contributed by atoms with Crippen molar-refractivity contribution < 1.29 is 13.2 Å². The summed E-state index contributed by atoms with van der Waals surface area (Å²) in [7, 11) is -0.741. The van der Waals surface area contributed by atoms with Crippen LogP contribution in [0.2, 0.25) is 5.02 Å². The summed E-state index contributed by atoms with van der Waals surface area (Å²) < 4.78 is 25.9. The first-order chi connectivity index (χ1) is 14.7. The molecule has 1 fully saturated rings. The summed E-state index contributed by atoms with van der Waals surface area (Å²) in [4.78, 5) is 21.6. The van der Waals surface area contributed by atoms with Gasteiger partial charge < -0.3 is 5.32 Å². The van der Waals surface area contributed by atoms with Gasteiger partial charge in [0.25, 0.3) is 5.91 Å². The second kappa shape index (κ2) is 8.43. The summed E-state index contributed by atoms with van der Waals surface area (Å²) in [5.74, 6) is -0.289. The topological polar surface area (TPSA) is 91.7 Å². The van der Waals surface area contributed by atoms with E-state index in [1.54, 1.807) is 12.3 Å². The van der Waals surface area contributed by atoms with E-state index in [1.807, 2.05) is 30.3 Å². The highest BCUT2D eigenvalue weighted by molar-refractivity contribution is 8.18. The number of carbonyl (C=O) groups excluding carboxylic acids is 1. The van der Waals surface area contributed by atoms with E-state index in [0.29, 0.717) is 10.1 Å². The number of aliphatic imine (C=N–C) groups is 1. The molecule has 0 unspecified atom stereocenters. The molecule has 1 aromatic heterocycles. The Bertz CT molecular complexity index is 1370. The molecule has 1 aliphatic heterocycles. The molecule has 1 saturated heterocycles. The number of fused-ring (bicyclic) bond motifs is 1. The number of sulfonamides is 1. The molecular weight excluding hydrogens is 456 g/mol. The lowest BCUT2D eigenvalue weighted by molar-refractivity contribution is -0.115. The molecule has 4 rings (SSSR count). The standard InChI is InChI=1S/C21H17ClN4O3S2/c1-26(2)31(28,29)15-6-7-16(22)18(12-15)24-21-25-20(27)19(30-21)11-13-5-8-17-14(10-13)4-3-9-23-17/h3-12H,1-2H3,(H,24,25,27). The highest BCUT2D eigenvalue weighted by Crippen LogP contribution is 2.33. The van der Waals surface area contributed by atoms with Gasteiger partial charge in [-0.05, 0) is 59.8 Å². The van der Waals surface area contributed by atoms with E-state index in [2.05, 4.69) is 15.3 Å². The van der Waals surface area contributed by atoms with E-state index in [1.165, 1.54) is 32.3 Å². The molecule has 0 atom stereocenters. The molecule has 2 aromatic carbocycles. The Morgan fingerprint density at radius 2 is 1.97 bits per heavy atom. The van der Waals surface area contributed by atoms with Crippen LogP contribution in [0.5, 0.6) is 0 Å². The van der Waals surface area contributed by atoms with E-state index in [0.717, 1.165) is 32.5 Å². The van der Waals surface area contributed by atoms with E-state index in [9.17, 15) is 13.2 Å². The van der Waals surface area contributed by atoms with Crippen molar-refractivity contribution in [2.24, 2.45) is 4.99 Å². The fourth-order valence-corrected chi connectivity index (χ4v) is 4.79. The van der Waals surface area contributed by atoms with Crippen molar-refractivity contribution in [3.8, 4) is 0 Å². The number of aromatic nitrogens is 1. The Labute approximate surface area is 188 Å². The van der Waals surface area contributed by atoms with Gasteiger partial charge in [-0.15, -0.1) is 0 Å². The fourth-order valence-electron chi connectivity index (χ4n) is 2.87. The summed E-state index contributed by atoms with van der Waals surface area (Å²) in [5, 5.41) is 4.26. The third-order valence-corrected chi connectivity index (χ3v) is 7.53. The van der Waals surface area contributed by atoms with E-state index >= 15 is 0 Å². The van der Waals surface area contributed by atoms with E-state index < -0.39 is 10.0 Å². The van der Waals surface area contributed by atoms with Gasteiger partial charge in [-0.25, -0.2) is 17.7 Å². The maximum atomic E-state index is 12.4. The van der Waals surface area contributed by atoms with Gasteiger partial charge in [0.2, 0.25) is 10.0 Å². The van der Waals surface area contributed by atoms with Crippen molar-refractivity contribution in [1.29, 1.82) is 0 Å². The summed E-state index contributed by atoms with van der Waals surface area (Å²) in [6.45, 7) is 0. The maximum Gasteiger partial charge on any atom is 0.264 e. The van der Waals surface area contributed by atoms with Crippen LogP contribution in [0.25, 0.3) is 17.0 Å². The number of carbonyl (C=O) groups is 1. The number of amidine groups is 1.